The number of aryl methyl sites for hydroxylation is 1. The quantitative estimate of drug-likeness (QED) is 0.817. The monoisotopic (exact) mass is 290 g/mol. The Labute approximate surface area is 125 Å². The molecule has 0 saturated carbocycles. The lowest BCUT2D eigenvalue weighted by Crippen LogP contribution is -2.36. The fraction of sp³-hybridized carbons (Fsp3) is 0.438. The van der Waals surface area contributed by atoms with Crippen LogP contribution >= 0.6 is 11.8 Å². The van der Waals surface area contributed by atoms with Crippen molar-refractivity contribution < 1.29 is 4.79 Å². The van der Waals surface area contributed by atoms with E-state index < -0.39 is 0 Å². The van der Waals surface area contributed by atoms with Crippen molar-refractivity contribution in [1.29, 1.82) is 0 Å². The Morgan fingerprint density at radius 3 is 2.80 bits per heavy atom. The Bertz CT molecular complexity index is 517. The van der Waals surface area contributed by atoms with Crippen LogP contribution in [-0.4, -0.2) is 30.5 Å². The van der Waals surface area contributed by atoms with Crippen molar-refractivity contribution in [2.75, 3.05) is 18.6 Å². The highest BCUT2D eigenvalue weighted by Crippen LogP contribution is 2.11. The molecule has 1 atom stereocenters. The maximum Gasteiger partial charge on any atom is 0.251 e. The van der Waals surface area contributed by atoms with Crippen LogP contribution in [0.3, 0.4) is 0 Å². The summed E-state index contributed by atoms with van der Waals surface area (Å²) in [6, 6.07) is 5.79. The van der Waals surface area contributed by atoms with E-state index in [4.69, 9.17) is 5.73 Å². The molecule has 0 heterocycles. The molecule has 0 aromatic heterocycles. The maximum atomic E-state index is 12.2. The van der Waals surface area contributed by atoms with Gasteiger partial charge < -0.3 is 11.1 Å². The standard InChI is InChI=1S/C16H22N2OS/c1-4-15(11-20-3)18-16(19)14-8-7-13(6-5-9-17)12(2)10-14/h7-8,10,15H,4,9,11,17H2,1-3H3,(H,18,19). The lowest BCUT2D eigenvalue weighted by Gasteiger charge is -2.16. The summed E-state index contributed by atoms with van der Waals surface area (Å²) in [5.41, 5.74) is 7.96. The number of nitrogens with one attached hydrogen (secondary N) is 1. The van der Waals surface area contributed by atoms with E-state index in [0.717, 1.165) is 23.3 Å². The van der Waals surface area contributed by atoms with E-state index in [1.165, 1.54) is 0 Å². The lowest BCUT2D eigenvalue weighted by atomic mass is 10.0. The average Bonchev–Trinajstić information content (AvgIpc) is 2.45. The molecule has 0 fully saturated rings. The molecule has 1 unspecified atom stereocenters. The third-order valence-electron chi connectivity index (χ3n) is 3.01. The minimum absolute atomic E-state index is 0.0210. The van der Waals surface area contributed by atoms with Gasteiger partial charge in [-0.05, 0) is 43.4 Å². The van der Waals surface area contributed by atoms with Gasteiger partial charge in [-0.2, -0.15) is 11.8 Å². The molecule has 20 heavy (non-hydrogen) atoms. The summed E-state index contributed by atoms with van der Waals surface area (Å²) < 4.78 is 0. The summed E-state index contributed by atoms with van der Waals surface area (Å²) in [4.78, 5) is 12.2. The molecule has 1 aromatic carbocycles. The van der Waals surface area contributed by atoms with Gasteiger partial charge in [0.2, 0.25) is 0 Å². The Hall–Kier alpha value is -1.44. The molecule has 1 aromatic rings. The predicted octanol–water partition coefficient (Wildman–Crippen LogP) is 2.18. The van der Waals surface area contributed by atoms with Crippen molar-refractivity contribution in [3.63, 3.8) is 0 Å². The summed E-state index contributed by atoms with van der Waals surface area (Å²) in [6.07, 6.45) is 2.98. The van der Waals surface area contributed by atoms with Crippen molar-refractivity contribution >= 4 is 17.7 Å². The smallest absolute Gasteiger partial charge is 0.251 e. The summed E-state index contributed by atoms with van der Waals surface area (Å²) in [7, 11) is 0. The number of hydrogen-bond donors (Lipinski definition) is 2. The van der Waals surface area contributed by atoms with Gasteiger partial charge in [0.05, 0.1) is 6.54 Å². The van der Waals surface area contributed by atoms with E-state index in [9.17, 15) is 4.79 Å². The van der Waals surface area contributed by atoms with E-state index in [1.54, 1.807) is 11.8 Å². The van der Waals surface area contributed by atoms with Crippen LogP contribution in [0.25, 0.3) is 0 Å². The third-order valence-corrected chi connectivity index (χ3v) is 3.75. The fourth-order valence-electron chi connectivity index (χ4n) is 1.82. The van der Waals surface area contributed by atoms with Crippen molar-refractivity contribution in [2.45, 2.75) is 26.3 Å². The molecular weight excluding hydrogens is 268 g/mol. The number of hydrogen-bond acceptors (Lipinski definition) is 3. The molecule has 0 aliphatic carbocycles. The zero-order valence-corrected chi connectivity index (χ0v) is 13.1. The van der Waals surface area contributed by atoms with Crippen LogP contribution in [0.2, 0.25) is 0 Å². The van der Waals surface area contributed by atoms with E-state index in [1.807, 2.05) is 31.4 Å². The minimum atomic E-state index is -0.0210. The maximum absolute atomic E-state index is 12.2. The number of nitrogens with two attached hydrogens (primary N) is 1. The Morgan fingerprint density at radius 2 is 2.25 bits per heavy atom. The Morgan fingerprint density at radius 1 is 1.50 bits per heavy atom. The van der Waals surface area contributed by atoms with Gasteiger partial charge in [0.1, 0.15) is 0 Å². The number of rotatable bonds is 5. The molecule has 1 rings (SSSR count). The van der Waals surface area contributed by atoms with Gasteiger partial charge in [0.25, 0.3) is 5.91 Å². The molecule has 3 nitrogen and oxygen atoms in total. The summed E-state index contributed by atoms with van der Waals surface area (Å²) in [6.45, 7) is 4.38. The van der Waals surface area contributed by atoms with Crippen LogP contribution < -0.4 is 11.1 Å². The van der Waals surface area contributed by atoms with E-state index >= 15 is 0 Å². The fourth-order valence-corrected chi connectivity index (χ4v) is 2.54. The number of benzene rings is 1. The molecular formula is C16H22N2OS. The van der Waals surface area contributed by atoms with Gasteiger partial charge in [-0.25, -0.2) is 0 Å². The molecule has 0 aliphatic heterocycles. The number of carbonyl (C=O) groups is 1. The zero-order chi connectivity index (χ0) is 15.0. The molecule has 0 bridgehead atoms. The molecule has 108 valence electrons. The van der Waals surface area contributed by atoms with Crippen LogP contribution in [0, 0.1) is 18.8 Å². The molecule has 4 heteroatoms. The van der Waals surface area contributed by atoms with E-state index in [0.29, 0.717) is 12.1 Å². The molecule has 0 spiro atoms. The van der Waals surface area contributed by atoms with E-state index in [2.05, 4.69) is 24.1 Å². The first-order valence-electron chi connectivity index (χ1n) is 6.71. The number of amides is 1. The van der Waals surface area contributed by atoms with Gasteiger partial charge in [-0.15, -0.1) is 0 Å². The molecule has 0 saturated heterocycles. The Kier molecular flexibility index (Phi) is 7.21. The highest BCUT2D eigenvalue weighted by atomic mass is 32.2. The van der Waals surface area contributed by atoms with Crippen LogP contribution in [0.1, 0.15) is 34.8 Å². The Balaban J connectivity index is 2.81. The van der Waals surface area contributed by atoms with Crippen molar-refractivity contribution in [3.05, 3.63) is 34.9 Å². The highest BCUT2D eigenvalue weighted by molar-refractivity contribution is 7.98. The van der Waals surface area contributed by atoms with Gasteiger partial charge in [0.15, 0.2) is 0 Å². The first-order chi connectivity index (χ1) is 9.62. The number of thioether (sulfide) groups is 1. The van der Waals surface area contributed by atoms with Crippen molar-refractivity contribution in [1.82, 2.24) is 5.32 Å². The largest absolute Gasteiger partial charge is 0.348 e. The molecule has 0 radical (unpaired) electrons. The van der Waals surface area contributed by atoms with Crippen molar-refractivity contribution in [2.24, 2.45) is 5.73 Å². The minimum Gasteiger partial charge on any atom is -0.348 e. The van der Waals surface area contributed by atoms with Crippen LogP contribution in [0.5, 0.6) is 0 Å². The van der Waals surface area contributed by atoms with E-state index in [-0.39, 0.29) is 11.9 Å². The summed E-state index contributed by atoms with van der Waals surface area (Å²) in [5, 5.41) is 3.06. The lowest BCUT2D eigenvalue weighted by molar-refractivity contribution is 0.0940. The summed E-state index contributed by atoms with van der Waals surface area (Å²) in [5.74, 6) is 6.74. The van der Waals surface area contributed by atoms with Gasteiger partial charge in [-0.3, -0.25) is 4.79 Å². The first kappa shape index (κ1) is 16.6. The van der Waals surface area contributed by atoms with Crippen LogP contribution in [0.15, 0.2) is 18.2 Å². The van der Waals surface area contributed by atoms with Gasteiger partial charge in [-0.1, -0.05) is 18.8 Å². The second kappa shape index (κ2) is 8.68. The van der Waals surface area contributed by atoms with Crippen molar-refractivity contribution in [3.8, 4) is 11.8 Å². The molecule has 3 N–H and O–H groups in total. The highest BCUT2D eigenvalue weighted by Gasteiger charge is 2.12. The summed E-state index contributed by atoms with van der Waals surface area (Å²) >= 11 is 1.74. The van der Waals surface area contributed by atoms with Crippen LogP contribution in [-0.2, 0) is 0 Å². The first-order valence-corrected chi connectivity index (χ1v) is 8.11. The van der Waals surface area contributed by atoms with Gasteiger partial charge in [0, 0.05) is 22.9 Å². The van der Waals surface area contributed by atoms with Crippen LogP contribution in [0.4, 0.5) is 0 Å². The molecule has 1 amide bonds. The zero-order valence-electron chi connectivity index (χ0n) is 12.3. The number of carbonyl (C=O) groups excluding carboxylic acids is 1. The third kappa shape index (κ3) is 4.92. The topological polar surface area (TPSA) is 55.1 Å². The average molecular weight is 290 g/mol. The second-order valence-electron chi connectivity index (χ2n) is 4.57. The van der Waals surface area contributed by atoms with Gasteiger partial charge >= 0.3 is 0 Å². The SMILES string of the molecule is CCC(CSC)NC(=O)c1ccc(C#CCN)c(C)c1. The second-order valence-corrected chi connectivity index (χ2v) is 5.48. The normalized spacial score (nSPS) is 11.4. The molecule has 0 aliphatic rings. The predicted molar refractivity (Wildman–Crippen MR) is 87.0 cm³/mol.